The summed E-state index contributed by atoms with van der Waals surface area (Å²) in [6.45, 7) is 7.54. The quantitative estimate of drug-likeness (QED) is 0.385. The van der Waals surface area contributed by atoms with E-state index in [1.807, 2.05) is 6.08 Å². The zero-order chi connectivity index (χ0) is 15.6. The van der Waals surface area contributed by atoms with Crippen molar-refractivity contribution in [3.05, 3.63) is 24.8 Å². The summed E-state index contributed by atoms with van der Waals surface area (Å²) < 4.78 is 5.62. The first-order valence-corrected chi connectivity index (χ1v) is 9.63. The molecular weight excluding hydrogens is 268 g/mol. The normalized spacial score (nSPS) is 33.1. The first-order valence-electron chi connectivity index (χ1n) is 9.63. The zero-order valence-corrected chi connectivity index (χ0v) is 14.6. The van der Waals surface area contributed by atoms with E-state index in [9.17, 15) is 0 Å². The summed E-state index contributed by atoms with van der Waals surface area (Å²) >= 11 is 0. The van der Waals surface area contributed by atoms with E-state index >= 15 is 0 Å². The molecule has 1 nitrogen and oxygen atoms in total. The van der Waals surface area contributed by atoms with Crippen LogP contribution in [-0.2, 0) is 4.74 Å². The smallest absolute Gasteiger partial charge is 0.0644 e. The van der Waals surface area contributed by atoms with E-state index in [-0.39, 0.29) is 0 Å². The lowest BCUT2D eigenvalue weighted by atomic mass is 9.75. The topological polar surface area (TPSA) is 9.23 Å². The summed E-state index contributed by atoms with van der Waals surface area (Å²) in [4.78, 5) is 0. The highest BCUT2D eigenvalue weighted by Gasteiger charge is 2.24. The molecule has 0 aromatic rings. The van der Waals surface area contributed by atoms with Gasteiger partial charge in [0.05, 0.1) is 6.61 Å². The van der Waals surface area contributed by atoms with E-state index in [4.69, 9.17) is 4.74 Å². The lowest BCUT2D eigenvalue weighted by Gasteiger charge is -2.31. The fourth-order valence-electron chi connectivity index (χ4n) is 4.42. The predicted molar refractivity (Wildman–Crippen MR) is 96.0 cm³/mol. The molecule has 0 radical (unpaired) electrons. The van der Waals surface area contributed by atoms with E-state index in [1.54, 1.807) is 0 Å². The van der Waals surface area contributed by atoms with Gasteiger partial charge in [-0.15, -0.1) is 6.58 Å². The van der Waals surface area contributed by atoms with Crippen molar-refractivity contribution >= 4 is 0 Å². The molecule has 0 atom stereocenters. The van der Waals surface area contributed by atoms with Crippen LogP contribution in [0, 0.1) is 23.7 Å². The third-order valence-corrected chi connectivity index (χ3v) is 5.89. The summed E-state index contributed by atoms with van der Waals surface area (Å²) in [7, 11) is 0. The Kier molecular flexibility index (Phi) is 8.30. The summed E-state index contributed by atoms with van der Waals surface area (Å²) in [5.41, 5.74) is 0. The highest BCUT2D eigenvalue weighted by molar-refractivity contribution is 4.89. The molecule has 0 unspecified atom stereocenters. The summed E-state index contributed by atoms with van der Waals surface area (Å²) in [5, 5.41) is 0. The van der Waals surface area contributed by atoms with E-state index in [1.165, 1.54) is 64.2 Å². The molecular formula is C21H36O. The van der Waals surface area contributed by atoms with Gasteiger partial charge in [-0.3, -0.25) is 0 Å². The molecule has 22 heavy (non-hydrogen) atoms. The third-order valence-electron chi connectivity index (χ3n) is 5.89. The first kappa shape index (κ1) is 17.8. The van der Waals surface area contributed by atoms with Crippen LogP contribution in [0.15, 0.2) is 24.8 Å². The molecule has 1 heteroatoms. The average molecular weight is 305 g/mol. The lowest BCUT2D eigenvalue weighted by Crippen LogP contribution is -2.20. The molecule has 2 fully saturated rings. The Labute approximate surface area is 138 Å². The van der Waals surface area contributed by atoms with Gasteiger partial charge in [-0.1, -0.05) is 43.9 Å². The SMILES string of the molecule is C=CCOCC1CCC(CCC2CCC(/C=C/C)CC2)CC1. The van der Waals surface area contributed by atoms with Gasteiger partial charge in [0.15, 0.2) is 0 Å². The van der Waals surface area contributed by atoms with Crippen LogP contribution in [0.25, 0.3) is 0 Å². The van der Waals surface area contributed by atoms with Crippen LogP contribution in [0.2, 0.25) is 0 Å². The van der Waals surface area contributed by atoms with Gasteiger partial charge in [-0.05, 0) is 69.1 Å². The second-order valence-electron chi connectivity index (χ2n) is 7.60. The lowest BCUT2D eigenvalue weighted by molar-refractivity contribution is 0.0937. The van der Waals surface area contributed by atoms with Crippen LogP contribution in [-0.4, -0.2) is 13.2 Å². The van der Waals surface area contributed by atoms with E-state index in [0.29, 0.717) is 0 Å². The molecule has 0 N–H and O–H groups in total. The molecule has 0 amide bonds. The highest BCUT2D eigenvalue weighted by Crippen LogP contribution is 2.36. The Balaban J connectivity index is 1.54. The molecule has 2 aliphatic carbocycles. The van der Waals surface area contributed by atoms with E-state index in [0.717, 1.165) is 36.9 Å². The fourth-order valence-corrected chi connectivity index (χ4v) is 4.42. The van der Waals surface area contributed by atoms with Crippen LogP contribution in [0.1, 0.15) is 71.1 Å². The molecule has 126 valence electrons. The van der Waals surface area contributed by atoms with Crippen molar-refractivity contribution in [3.63, 3.8) is 0 Å². The maximum absolute atomic E-state index is 5.62. The summed E-state index contributed by atoms with van der Waals surface area (Å²) in [5.74, 6) is 3.72. The minimum atomic E-state index is 0.718. The Morgan fingerprint density at radius 1 is 0.864 bits per heavy atom. The minimum Gasteiger partial charge on any atom is -0.377 e. The van der Waals surface area contributed by atoms with Crippen molar-refractivity contribution in [2.75, 3.05) is 13.2 Å². The molecule has 0 aromatic carbocycles. The first-order chi connectivity index (χ1) is 10.8. The van der Waals surface area contributed by atoms with Gasteiger partial charge in [-0.25, -0.2) is 0 Å². The average Bonchev–Trinajstić information content (AvgIpc) is 2.56. The minimum absolute atomic E-state index is 0.718. The van der Waals surface area contributed by atoms with E-state index < -0.39 is 0 Å². The summed E-state index contributed by atoms with van der Waals surface area (Å²) in [6.07, 6.45) is 21.0. The van der Waals surface area contributed by atoms with Crippen molar-refractivity contribution in [2.45, 2.75) is 71.1 Å². The summed E-state index contributed by atoms with van der Waals surface area (Å²) in [6, 6.07) is 0. The van der Waals surface area contributed by atoms with Gasteiger partial charge in [0, 0.05) is 6.61 Å². The van der Waals surface area contributed by atoms with Crippen molar-refractivity contribution in [1.82, 2.24) is 0 Å². The van der Waals surface area contributed by atoms with Gasteiger partial charge in [0.1, 0.15) is 0 Å². The Hall–Kier alpha value is -0.560. The largest absolute Gasteiger partial charge is 0.377 e. The molecule has 2 rings (SSSR count). The molecule has 0 aromatic heterocycles. The number of hydrogen-bond donors (Lipinski definition) is 0. The molecule has 0 saturated heterocycles. The van der Waals surface area contributed by atoms with Crippen molar-refractivity contribution < 1.29 is 4.74 Å². The number of hydrogen-bond acceptors (Lipinski definition) is 1. The molecule has 0 bridgehead atoms. The number of ether oxygens (including phenoxy) is 1. The Bertz CT molecular complexity index is 317. The maximum atomic E-state index is 5.62. The maximum Gasteiger partial charge on any atom is 0.0644 e. The van der Waals surface area contributed by atoms with E-state index in [2.05, 4.69) is 25.7 Å². The van der Waals surface area contributed by atoms with Crippen molar-refractivity contribution in [2.24, 2.45) is 23.7 Å². The van der Waals surface area contributed by atoms with Gasteiger partial charge in [-0.2, -0.15) is 0 Å². The molecule has 0 heterocycles. The van der Waals surface area contributed by atoms with Crippen LogP contribution in [0.5, 0.6) is 0 Å². The van der Waals surface area contributed by atoms with Crippen molar-refractivity contribution in [1.29, 1.82) is 0 Å². The fraction of sp³-hybridized carbons (Fsp3) is 0.810. The van der Waals surface area contributed by atoms with Crippen LogP contribution in [0.4, 0.5) is 0 Å². The third kappa shape index (κ3) is 6.28. The van der Waals surface area contributed by atoms with Crippen LogP contribution >= 0.6 is 0 Å². The van der Waals surface area contributed by atoms with Gasteiger partial charge < -0.3 is 4.74 Å². The monoisotopic (exact) mass is 304 g/mol. The standard InChI is InChI=1S/C21H36O/c1-3-5-18-6-8-19(9-7-18)10-11-20-12-14-21(15-13-20)17-22-16-4-2/h3-5,18-21H,2,6-17H2,1H3/b5-3+. The Morgan fingerprint density at radius 2 is 1.41 bits per heavy atom. The Morgan fingerprint density at radius 3 is 1.95 bits per heavy atom. The molecule has 0 aliphatic heterocycles. The molecule has 2 aliphatic rings. The predicted octanol–water partition coefficient (Wildman–Crippen LogP) is 6.16. The second kappa shape index (κ2) is 10.3. The van der Waals surface area contributed by atoms with Crippen LogP contribution in [0.3, 0.4) is 0 Å². The van der Waals surface area contributed by atoms with Gasteiger partial charge in [0.2, 0.25) is 0 Å². The second-order valence-corrected chi connectivity index (χ2v) is 7.60. The van der Waals surface area contributed by atoms with Crippen molar-refractivity contribution in [3.8, 4) is 0 Å². The molecule has 0 spiro atoms. The zero-order valence-electron chi connectivity index (χ0n) is 14.6. The van der Waals surface area contributed by atoms with Crippen LogP contribution < -0.4 is 0 Å². The van der Waals surface area contributed by atoms with Gasteiger partial charge >= 0.3 is 0 Å². The van der Waals surface area contributed by atoms with Gasteiger partial charge in [0.25, 0.3) is 0 Å². The molecule has 2 saturated carbocycles. The number of allylic oxidation sites excluding steroid dienone is 2. The number of rotatable bonds is 8. The highest BCUT2D eigenvalue weighted by atomic mass is 16.5.